The van der Waals surface area contributed by atoms with Gasteiger partial charge in [0, 0.05) is 32.3 Å². The van der Waals surface area contributed by atoms with Gasteiger partial charge in [0.1, 0.15) is 10.7 Å². The number of nitrogens with zero attached hydrogens (tertiary/aromatic N) is 3. The molecule has 1 aromatic heterocycles. The molecule has 0 bridgehead atoms. The lowest BCUT2D eigenvalue weighted by atomic mass is 10.2. The van der Waals surface area contributed by atoms with Crippen LogP contribution in [0.5, 0.6) is 0 Å². The first kappa shape index (κ1) is 17.7. The molecule has 0 aliphatic heterocycles. The highest BCUT2D eigenvalue weighted by molar-refractivity contribution is 7.18. The molecule has 0 saturated carbocycles. The number of hydrogen-bond donors (Lipinski definition) is 2. The zero-order valence-corrected chi connectivity index (χ0v) is 14.1. The Kier molecular flexibility index (Phi) is 6.91. The van der Waals surface area contributed by atoms with Gasteiger partial charge in [-0.05, 0) is 34.1 Å². The summed E-state index contributed by atoms with van der Waals surface area (Å²) in [5.41, 5.74) is 5.93. The van der Waals surface area contributed by atoms with E-state index in [9.17, 15) is 4.79 Å². The predicted molar refractivity (Wildman–Crippen MR) is 88.0 cm³/mol. The van der Waals surface area contributed by atoms with Crippen LogP contribution in [0.4, 0.5) is 10.9 Å². The molecule has 3 N–H and O–H groups in total. The number of amides is 1. The van der Waals surface area contributed by atoms with E-state index in [1.165, 1.54) is 11.3 Å². The van der Waals surface area contributed by atoms with Crippen LogP contribution in [-0.4, -0.2) is 53.2 Å². The fourth-order valence-electron chi connectivity index (χ4n) is 2.07. The topological polar surface area (TPSA) is 82.7 Å². The van der Waals surface area contributed by atoms with E-state index in [0.29, 0.717) is 23.7 Å². The molecular formula is C14H26N4O2S. The summed E-state index contributed by atoms with van der Waals surface area (Å²) in [6.45, 7) is 10.2. The number of aromatic nitrogens is 1. The van der Waals surface area contributed by atoms with Gasteiger partial charge in [0.05, 0.1) is 0 Å². The van der Waals surface area contributed by atoms with Crippen molar-refractivity contribution in [3.05, 3.63) is 4.88 Å². The second-order valence-electron chi connectivity index (χ2n) is 5.05. The van der Waals surface area contributed by atoms with Crippen molar-refractivity contribution in [2.45, 2.75) is 40.2 Å². The van der Waals surface area contributed by atoms with Crippen molar-refractivity contribution >= 4 is 28.2 Å². The van der Waals surface area contributed by atoms with Gasteiger partial charge in [0.25, 0.3) is 5.91 Å². The molecule has 0 aliphatic rings. The van der Waals surface area contributed by atoms with Crippen LogP contribution in [0, 0.1) is 0 Å². The molecule has 0 radical (unpaired) electrons. The van der Waals surface area contributed by atoms with E-state index in [2.05, 4.69) is 9.88 Å². The highest BCUT2D eigenvalue weighted by atomic mass is 32.1. The summed E-state index contributed by atoms with van der Waals surface area (Å²) in [7, 11) is 0. The van der Waals surface area contributed by atoms with Crippen LogP contribution in [0.3, 0.4) is 0 Å². The lowest BCUT2D eigenvalue weighted by Gasteiger charge is -2.26. The molecule has 0 aromatic carbocycles. The number of hydrogen-bond acceptors (Lipinski definition) is 6. The molecule has 0 unspecified atom stereocenters. The summed E-state index contributed by atoms with van der Waals surface area (Å²) in [6.07, 6.45) is 0.561. The maximum Gasteiger partial charge on any atom is 0.268 e. The summed E-state index contributed by atoms with van der Waals surface area (Å²) >= 11 is 1.34. The van der Waals surface area contributed by atoms with Gasteiger partial charge in [-0.15, -0.1) is 0 Å². The number of nitrogen functional groups attached to an aromatic ring is 1. The SMILES string of the molecule is CCN(CC)c1nc(N)c(C(=O)N(CCCO)C(C)C)s1. The summed E-state index contributed by atoms with van der Waals surface area (Å²) in [6, 6.07) is 0.0578. The number of nitrogens with two attached hydrogens (primary N) is 1. The van der Waals surface area contributed by atoms with Crippen LogP contribution < -0.4 is 10.6 Å². The Morgan fingerprint density at radius 2 is 2.00 bits per heavy atom. The van der Waals surface area contributed by atoms with Crippen LogP contribution >= 0.6 is 11.3 Å². The second-order valence-corrected chi connectivity index (χ2v) is 6.03. The number of carbonyl (C=O) groups excluding carboxylic acids is 1. The average Bonchev–Trinajstić information content (AvgIpc) is 2.82. The van der Waals surface area contributed by atoms with Crippen LogP contribution in [0.1, 0.15) is 43.8 Å². The van der Waals surface area contributed by atoms with Crippen molar-refractivity contribution in [3.63, 3.8) is 0 Å². The van der Waals surface area contributed by atoms with Crippen molar-refractivity contribution < 1.29 is 9.90 Å². The number of carbonyl (C=O) groups is 1. The van der Waals surface area contributed by atoms with Gasteiger partial charge >= 0.3 is 0 Å². The standard InChI is InChI=1S/C14H26N4O2S/c1-5-17(6-2)14-16-12(15)11(21-14)13(20)18(10(3)4)8-7-9-19/h10,19H,5-9,15H2,1-4H3. The zero-order valence-electron chi connectivity index (χ0n) is 13.3. The Labute approximate surface area is 130 Å². The van der Waals surface area contributed by atoms with Gasteiger partial charge in [-0.25, -0.2) is 4.98 Å². The Bertz CT molecular complexity index is 458. The molecule has 0 saturated heterocycles. The number of thiazole rings is 1. The highest BCUT2D eigenvalue weighted by Crippen LogP contribution is 2.29. The quantitative estimate of drug-likeness (QED) is 0.764. The van der Waals surface area contributed by atoms with Gasteiger partial charge in [-0.1, -0.05) is 11.3 Å². The van der Waals surface area contributed by atoms with Crippen molar-refractivity contribution in [2.75, 3.05) is 36.9 Å². The van der Waals surface area contributed by atoms with Crippen molar-refractivity contribution in [1.82, 2.24) is 9.88 Å². The van der Waals surface area contributed by atoms with Crippen molar-refractivity contribution in [2.24, 2.45) is 0 Å². The molecular weight excluding hydrogens is 288 g/mol. The summed E-state index contributed by atoms with van der Waals surface area (Å²) in [5, 5.41) is 9.75. The zero-order chi connectivity index (χ0) is 16.0. The number of rotatable bonds is 8. The predicted octanol–water partition coefficient (Wildman–Crippen LogP) is 1.80. The first-order chi connectivity index (χ1) is 9.96. The van der Waals surface area contributed by atoms with E-state index in [1.807, 2.05) is 27.7 Å². The second kappa shape index (κ2) is 8.19. The molecule has 1 heterocycles. The normalized spacial score (nSPS) is 11.0. The van der Waals surface area contributed by atoms with Gasteiger partial charge in [0.15, 0.2) is 5.13 Å². The smallest absolute Gasteiger partial charge is 0.268 e. The molecule has 0 aliphatic carbocycles. The monoisotopic (exact) mass is 314 g/mol. The Hall–Kier alpha value is -1.34. The summed E-state index contributed by atoms with van der Waals surface area (Å²) in [5.74, 6) is 0.188. The van der Waals surface area contributed by atoms with Gasteiger partial charge in [-0.3, -0.25) is 4.79 Å². The number of aliphatic hydroxyl groups excluding tert-OH is 1. The fraction of sp³-hybridized carbons (Fsp3) is 0.714. The van der Waals surface area contributed by atoms with Gasteiger partial charge in [-0.2, -0.15) is 0 Å². The first-order valence-electron chi connectivity index (χ1n) is 7.39. The van der Waals surface area contributed by atoms with E-state index in [4.69, 9.17) is 10.8 Å². The maximum absolute atomic E-state index is 12.6. The molecule has 1 amide bonds. The third-order valence-electron chi connectivity index (χ3n) is 3.31. The molecule has 6 nitrogen and oxygen atoms in total. The summed E-state index contributed by atoms with van der Waals surface area (Å²) in [4.78, 5) is 21.3. The van der Waals surface area contributed by atoms with E-state index in [1.54, 1.807) is 4.90 Å². The maximum atomic E-state index is 12.6. The van der Waals surface area contributed by atoms with E-state index < -0.39 is 0 Å². The Balaban J connectivity index is 2.99. The molecule has 0 spiro atoms. The summed E-state index contributed by atoms with van der Waals surface area (Å²) < 4.78 is 0. The average molecular weight is 314 g/mol. The van der Waals surface area contributed by atoms with Crippen LogP contribution in [-0.2, 0) is 0 Å². The van der Waals surface area contributed by atoms with Crippen LogP contribution in [0.2, 0.25) is 0 Å². The number of aliphatic hydroxyl groups is 1. The minimum atomic E-state index is -0.105. The first-order valence-corrected chi connectivity index (χ1v) is 8.20. The largest absolute Gasteiger partial charge is 0.396 e. The minimum Gasteiger partial charge on any atom is -0.396 e. The molecule has 1 aromatic rings. The highest BCUT2D eigenvalue weighted by Gasteiger charge is 2.24. The van der Waals surface area contributed by atoms with E-state index in [-0.39, 0.29) is 18.6 Å². The molecule has 120 valence electrons. The minimum absolute atomic E-state index is 0.0578. The molecule has 0 fully saturated rings. The van der Waals surface area contributed by atoms with Crippen molar-refractivity contribution in [3.8, 4) is 0 Å². The van der Waals surface area contributed by atoms with Crippen LogP contribution in [0.15, 0.2) is 0 Å². The third kappa shape index (κ3) is 4.31. The number of anilines is 2. The third-order valence-corrected chi connectivity index (χ3v) is 4.43. The lowest BCUT2D eigenvalue weighted by molar-refractivity contribution is 0.0699. The molecule has 0 atom stereocenters. The van der Waals surface area contributed by atoms with Gasteiger partial charge in [0.2, 0.25) is 0 Å². The Morgan fingerprint density at radius 1 is 1.38 bits per heavy atom. The Morgan fingerprint density at radius 3 is 2.48 bits per heavy atom. The van der Waals surface area contributed by atoms with Crippen molar-refractivity contribution in [1.29, 1.82) is 0 Å². The molecule has 1 rings (SSSR count). The van der Waals surface area contributed by atoms with Crippen LogP contribution in [0.25, 0.3) is 0 Å². The molecule has 7 heteroatoms. The lowest BCUT2D eigenvalue weighted by Crippen LogP contribution is -2.38. The van der Waals surface area contributed by atoms with E-state index in [0.717, 1.165) is 18.2 Å². The van der Waals surface area contributed by atoms with Gasteiger partial charge < -0.3 is 20.6 Å². The fourth-order valence-corrected chi connectivity index (χ4v) is 3.14. The van der Waals surface area contributed by atoms with E-state index >= 15 is 0 Å². The molecule has 21 heavy (non-hydrogen) atoms.